The lowest BCUT2D eigenvalue weighted by Crippen LogP contribution is -2.10. The van der Waals surface area contributed by atoms with Crippen LogP contribution >= 0.6 is 0 Å². The lowest BCUT2D eigenvalue weighted by atomic mass is 10.0. The van der Waals surface area contributed by atoms with Gasteiger partial charge in [0.15, 0.2) is 5.65 Å². The van der Waals surface area contributed by atoms with E-state index in [-0.39, 0.29) is 5.82 Å². The number of halogens is 1. The molecular weight excluding hydrogens is 467 g/mol. The average molecular weight is 493 g/mol. The molecule has 0 saturated carbocycles. The van der Waals surface area contributed by atoms with Crippen molar-refractivity contribution in [1.82, 2.24) is 30.0 Å². The van der Waals surface area contributed by atoms with Crippen LogP contribution in [0.15, 0.2) is 73.2 Å². The van der Waals surface area contributed by atoms with Gasteiger partial charge in [-0.1, -0.05) is 12.1 Å². The lowest BCUT2D eigenvalue weighted by Gasteiger charge is -2.10. The SMILES string of the molecule is COc1cc(F)cc(-c2cccc3[nH]c(-c4[nH]nc5ncc(-c6cncc(CN(C)C)c6)cc45)cc23)c1. The summed E-state index contributed by atoms with van der Waals surface area (Å²) >= 11 is 0. The number of H-pyrrole nitrogens is 2. The molecule has 0 radical (unpaired) electrons. The molecule has 0 aliphatic heterocycles. The van der Waals surface area contributed by atoms with Crippen molar-refractivity contribution in [2.24, 2.45) is 0 Å². The number of methoxy groups -OCH3 is 1. The molecule has 6 aromatic rings. The Morgan fingerprint density at radius 3 is 2.62 bits per heavy atom. The Bertz CT molecular complexity index is 1750. The topological polar surface area (TPSA) is 82.7 Å². The fraction of sp³-hybridized carbons (Fsp3) is 0.138. The average Bonchev–Trinajstić information content (AvgIpc) is 3.51. The molecule has 37 heavy (non-hydrogen) atoms. The summed E-state index contributed by atoms with van der Waals surface area (Å²) in [5, 5.41) is 9.44. The minimum Gasteiger partial charge on any atom is -0.497 e. The molecule has 8 heteroatoms. The van der Waals surface area contributed by atoms with Gasteiger partial charge in [-0.05, 0) is 67.2 Å². The van der Waals surface area contributed by atoms with Crippen molar-refractivity contribution < 1.29 is 9.13 Å². The zero-order chi connectivity index (χ0) is 25.5. The molecule has 184 valence electrons. The summed E-state index contributed by atoms with van der Waals surface area (Å²) in [5.41, 5.74) is 8.01. The molecule has 4 heterocycles. The molecule has 0 amide bonds. The Hall–Kier alpha value is -4.56. The van der Waals surface area contributed by atoms with E-state index in [1.165, 1.54) is 19.2 Å². The van der Waals surface area contributed by atoms with E-state index in [0.29, 0.717) is 11.4 Å². The van der Waals surface area contributed by atoms with Gasteiger partial charge in [0.1, 0.15) is 11.6 Å². The number of nitrogens with zero attached hydrogens (tertiary/aromatic N) is 4. The molecule has 2 N–H and O–H groups in total. The smallest absolute Gasteiger partial charge is 0.181 e. The fourth-order valence-electron chi connectivity index (χ4n) is 4.74. The molecule has 7 nitrogen and oxygen atoms in total. The van der Waals surface area contributed by atoms with Crippen LogP contribution in [0.5, 0.6) is 5.75 Å². The van der Waals surface area contributed by atoms with E-state index < -0.39 is 0 Å². The van der Waals surface area contributed by atoms with Gasteiger partial charge in [-0.2, -0.15) is 5.10 Å². The second-order valence-electron chi connectivity index (χ2n) is 9.34. The third-order valence-corrected chi connectivity index (χ3v) is 6.39. The summed E-state index contributed by atoms with van der Waals surface area (Å²) in [6.45, 7) is 0.808. The number of rotatable bonds is 6. The van der Waals surface area contributed by atoms with Crippen molar-refractivity contribution in [2.45, 2.75) is 6.54 Å². The highest BCUT2D eigenvalue weighted by Gasteiger charge is 2.15. The second kappa shape index (κ2) is 9.15. The highest BCUT2D eigenvalue weighted by molar-refractivity contribution is 6.01. The van der Waals surface area contributed by atoms with Crippen molar-refractivity contribution in [3.05, 3.63) is 84.6 Å². The molecule has 0 unspecified atom stereocenters. The number of aromatic amines is 2. The van der Waals surface area contributed by atoms with Crippen LogP contribution in [0.3, 0.4) is 0 Å². The Labute approximate surface area is 213 Å². The predicted molar refractivity (Wildman–Crippen MR) is 144 cm³/mol. The van der Waals surface area contributed by atoms with Gasteiger partial charge in [0, 0.05) is 58.6 Å². The third kappa shape index (κ3) is 4.32. The van der Waals surface area contributed by atoms with Gasteiger partial charge < -0.3 is 14.6 Å². The summed E-state index contributed by atoms with van der Waals surface area (Å²) in [6, 6.07) is 16.9. The van der Waals surface area contributed by atoms with E-state index in [9.17, 15) is 4.39 Å². The zero-order valence-corrected chi connectivity index (χ0v) is 20.7. The van der Waals surface area contributed by atoms with Gasteiger partial charge in [-0.15, -0.1) is 0 Å². The quantitative estimate of drug-likeness (QED) is 0.296. The van der Waals surface area contributed by atoms with Gasteiger partial charge in [0.2, 0.25) is 0 Å². The standard InChI is InChI=1S/C29H25FN6O/c1-36(2)16-17-7-19(14-31-13-17)20-10-25-28(34-35-29(25)32-15-20)27-12-24-23(5-4-6-26(24)33-27)18-8-21(30)11-22(9-18)37-3/h4-15,33H,16H2,1-3H3,(H,32,34,35). The molecule has 0 atom stereocenters. The van der Waals surface area contributed by atoms with Crippen molar-refractivity contribution in [3.8, 4) is 39.4 Å². The molecule has 0 aliphatic carbocycles. The van der Waals surface area contributed by atoms with Crippen molar-refractivity contribution >= 4 is 21.9 Å². The molecule has 4 aromatic heterocycles. The normalized spacial score (nSPS) is 11.6. The van der Waals surface area contributed by atoms with E-state index in [2.05, 4.69) is 48.2 Å². The number of ether oxygens (including phenoxy) is 1. The second-order valence-corrected chi connectivity index (χ2v) is 9.34. The maximum atomic E-state index is 14.3. The summed E-state index contributed by atoms with van der Waals surface area (Å²) in [5.74, 6) is 0.134. The van der Waals surface area contributed by atoms with Crippen molar-refractivity contribution in [2.75, 3.05) is 21.2 Å². The molecule has 0 spiro atoms. The summed E-state index contributed by atoms with van der Waals surface area (Å²) in [6.07, 6.45) is 5.56. The lowest BCUT2D eigenvalue weighted by molar-refractivity contribution is 0.402. The first-order valence-corrected chi connectivity index (χ1v) is 11.9. The van der Waals surface area contributed by atoms with Crippen LogP contribution < -0.4 is 4.74 Å². The first-order chi connectivity index (χ1) is 18.0. The molecule has 0 aliphatic rings. The minimum atomic E-state index is -0.343. The molecule has 0 bridgehead atoms. The molecular formula is C29H25FN6O. The fourth-order valence-corrected chi connectivity index (χ4v) is 4.74. The van der Waals surface area contributed by atoms with Crippen LogP contribution in [0, 0.1) is 5.82 Å². The van der Waals surface area contributed by atoms with Gasteiger partial charge in [-0.25, -0.2) is 9.37 Å². The number of hydrogen-bond donors (Lipinski definition) is 2. The number of fused-ring (bicyclic) bond motifs is 2. The van der Waals surface area contributed by atoms with Crippen LogP contribution in [0.4, 0.5) is 4.39 Å². The monoisotopic (exact) mass is 492 g/mol. The van der Waals surface area contributed by atoms with Crippen molar-refractivity contribution in [1.29, 1.82) is 0 Å². The zero-order valence-electron chi connectivity index (χ0n) is 20.7. The largest absolute Gasteiger partial charge is 0.497 e. The van der Waals surface area contributed by atoms with E-state index in [4.69, 9.17) is 4.74 Å². The van der Waals surface area contributed by atoms with Crippen LogP contribution in [0.25, 0.3) is 55.6 Å². The number of hydrogen-bond acceptors (Lipinski definition) is 5. The van der Waals surface area contributed by atoms with Crippen LogP contribution in [0.2, 0.25) is 0 Å². The van der Waals surface area contributed by atoms with E-state index in [1.807, 2.05) is 57.0 Å². The van der Waals surface area contributed by atoms with Gasteiger partial charge in [0.05, 0.1) is 18.5 Å². The van der Waals surface area contributed by atoms with Gasteiger partial charge in [0.25, 0.3) is 0 Å². The highest BCUT2D eigenvalue weighted by atomic mass is 19.1. The summed E-state index contributed by atoms with van der Waals surface area (Å²) in [4.78, 5) is 14.6. The van der Waals surface area contributed by atoms with Gasteiger partial charge in [-0.3, -0.25) is 10.1 Å². The van der Waals surface area contributed by atoms with Crippen molar-refractivity contribution in [3.63, 3.8) is 0 Å². The van der Waals surface area contributed by atoms with E-state index in [1.54, 1.807) is 0 Å². The van der Waals surface area contributed by atoms with Crippen LogP contribution in [-0.2, 0) is 6.54 Å². The molecule has 0 saturated heterocycles. The minimum absolute atomic E-state index is 0.343. The maximum absolute atomic E-state index is 14.3. The first kappa shape index (κ1) is 22.9. The molecule has 6 rings (SSSR count). The Morgan fingerprint density at radius 1 is 0.919 bits per heavy atom. The number of aromatic nitrogens is 5. The van der Waals surface area contributed by atoms with E-state index >= 15 is 0 Å². The van der Waals surface area contributed by atoms with Gasteiger partial charge >= 0.3 is 0 Å². The maximum Gasteiger partial charge on any atom is 0.181 e. The third-order valence-electron chi connectivity index (χ3n) is 6.39. The predicted octanol–water partition coefficient (Wildman–Crippen LogP) is 6.04. The molecule has 2 aromatic carbocycles. The first-order valence-electron chi connectivity index (χ1n) is 11.9. The molecule has 0 fully saturated rings. The number of nitrogens with one attached hydrogen (secondary N) is 2. The Kier molecular flexibility index (Phi) is 5.65. The highest BCUT2D eigenvalue weighted by Crippen LogP contribution is 2.36. The van der Waals surface area contributed by atoms with Crippen LogP contribution in [-0.4, -0.2) is 51.3 Å². The van der Waals surface area contributed by atoms with E-state index in [0.717, 1.165) is 62.0 Å². The number of benzene rings is 2. The number of pyridine rings is 2. The Balaban J connectivity index is 1.45. The Morgan fingerprint density at radius 2 is 1.78 bits per heavy atom. The summed E-state index contributed by atoms with van der Waals surface area (Å²) in [7, 11) is 5.61. The summed E-state index contributed by atoms with van der Waals surface area (Å²) < 4.78 is 19.5. The van der Waals surface area contributed by atoms with Crippen LogP contribution in [0.1, 0.15) is 5.56 Å².